The number of carbonyl (C=O) groups is 2. The van der Waals surface area contributed by atoms with Crippen molar-refractivity contribution in [3.8, 4) is 5.75 Å². The molecular weight excluding hydrogens is 457 g/mol. The van der Waals surface area contributed by atoms with Crippen LogP contribution in [0.5, 0.6) is 5.75 Å². The Morgan fingerprint density at radius 1 is 1.27 bits per heavy atom. The van der Waals surface area contributed by atoms with Crippen molar-refractivity contribution < 1.29 is 46.1 Å². The summed E-state index contributed by atoms with van der Waals surface area (Å²) >= 11 is 0. The first kappa shape index (κ1) is 24.3. The van der Waals surface area contributed by atoms with Crippen LogP contribution in [0.1, 0.15) is 25.3 Å². The number of benzene rings is 1. The Balaban J connectivity index is 2.02. The van der Waals surface area contributed by atoms with Gasteiger partial charge >= 0.3 is 12.2 Å². The molecule has 1 saturated heterocycles. The zero-order valence-electron chi connectivity index (χ0n) is 17.2. The molecule has 0 aliphatic carbocycles. The maximum Gasteiger partial charge on any atom is 0.417 e. The van der Waals surface area contributed by atoms with Gasteiger partial charge in [-0.1, -0.05) is 13.0 Å². The fraction of sp³-hybridized carbons (Fsp3) is 0.400. The molecule has 0 aromatic heterocycles. The Hall–Kier alpha value is -3.35. The van der Waals surface area contributed by atoms with E-state index in [0.29, 0.717) is 13.0 Å². The van der Waals surface area contributed by atoms with Crippen molar-refractivity contribution in [1.82, 2.24) is 5.32 Å². The number of nitrogens with one attached hydrogen (secondary N) is 1. The average molecular weight is 476 g/mol. The SMILES string of the molecule is C[C@@H]1[C@@H](c2ccc(F)c(F)c2O)[C@H](C(=O)NC2=CC(C(N)=O)[N+](=O)C=C2)O[C@@]1(C)C(F)(F)F. The van der Waals surface area contributed by atoms with E-state index in [1.54, 1.807) is 0 Å². The normalized spacial score (nSPS) is 29.7. The summed E-state index contributed by atoms with van der Waals surface area (Å²) < 4.78 is 74.3. The summed E-state index contributed by atoms with van der Waals surface area (Å²) in [6.45, 7) is 1.80. The largest absolute Gasteiger partial charge is 0.505 e. The lowest BCUT2D eigenvalue weighted by molar-refractivity contribution is -0.495. The highest BCUT2D eigenvalue weighted by Crippen LogP contribution is 2.54. The highest BCUT2D eigenvalue weighted by Gasteiger charge is 2.65. The number of ether oxygens (including phenoxy) is 1. The fourth-order valence-corrected chi connectivity index (χ4v) is 3.90. The number of rotatable bonds is 4. The average Bonchev–Trinajstić information content (AvgIpc) is 3.00. The van der Waals surface area contributed by atoms with Gasteiger partial charge in [-0.05, 0) is 13.0 Å². The number of alkyl halides is 3. The number of halogens is 5. The molecule has 0 radical (unpaired) electrons. The predicted molar refractivity (Wildman–Crippen MR) is 101 cm³/mol. The minimum Gasteiger partial charge on any atom is -0.505 e. The standard InChI is InChI=1S/C20H18F5N3O5/c1-8-13(10-3-4-11(21)14(22)15(10)29)16(33-19(8,2)20(23,24)25)18(31)27-9-5-6-28(32)12(7-9)17(26)30/h3-8,12-13,16H,1-2H3,(H3-,26,27,29,30,31)/p+1/t8-,12?,13+,16-,19-/m1/s1. The maximum atomic E-state index is 14.0. The Kier molecular flexibility index (Phi) is 6.04. The minimum absolute atomic E-state index is 0.124. The molecule has 0 bridgehead atoms. The number of hydrogen-bond acceptors (Lipinski definition) is 5. The summed E-state index contributed by atoms with van der Waals surface area (Å²) in [4.78, 5) is 35.9. The van der Waals surface area contributed by atoms with Gasteiger partial charge in [-0.15, -0.1) is 0 Å². The van der Waals surface area contributed by atoms with Crippen LogP contribution in [0.2, 0.25) is 0 Å². The van der Waals surface area contributed by atoms with Crippen LogP contribution in [0, 0.1) is 22.5 Å². The smallest absolute Gasteiger partial charge is 0.417 e. The topological polar surface area (TPSA) is 122 Å². The van der Waals surface area contributed by atoms with E-state index in [4.69, 9.17) is 10.5 Å². The molecule has 2 amide bonds. The van der Waals surface area contributed by atoms with Gasteiger partial charge in [0.2, 0.25) is 12.0 Å². The number of hydrogen-bond donors (Lipinski definition) is 3. The van der Waals surface area contributed by atoms with Gasteiger partial charge in [0.1, 0.15) is 6.10 Å². The molecule has 1 aromatic carbocycles. The first-order valence-electron chi connectivity index (χ1n) is 9.56. The number of nitrogens with two attached hydrogens (primary N) is 1. The van der Waals surface area contributed by atoms with Crippen LogP contribution >= 0.6 is 0 Å². The van der Waals surface area contributed by atoms with E-state index in [1.165, 1.54) is 0 Å². The molecule has 2 aliphatic heterocycles. The summed E-state index contributed by atoms with van der Waals surface area (Å²) in [7, 11) is 0. The number of phenols is 1. The third kappa shape index (κ3) is 4.08. The zero-order valence-corrected chi connectivity index (χ0v) is 17.2. The molecular formula is C20H19F5N3O5+. The van der Waals surface area contributed by atoms with Crippen molar-refractivity contribution in [2.75, 3.05) is 0 Å². The van der Waals surface area contributed by atoms with Gasteiger partial charge in [-0.3, -0.25) is 9.59 Å². The molecule has 0 spiro atoms. The van der Waals surface area contributed by atoms with E-state index in [-0.39, 0.29) is 10.5 Å². The molecule has 4 N–H and O–H groups in total. The van der Waals surface area contributed by atoms with Crippen molar-refractivity contribution in [2.24, 2.45) is 11.7 Å². The van der Waals surface area contributed by atoms with Gasteiger partial charge in [-0.25, -0.2) is 4.39 Å². The first-order valence-corrected chi connectivity index (χ1v) is 9.56. The van der Waals surface area contributed by atoms with Crippen molar-refractivity contribution in [3.05, 3.63) is 58.3 Å². The van der Waals surface area contributed by atoms with Crippen LogP contribution in [0.3, 0.4) is 0 Å². The summed E-state index contributed by atoms with van der Waals surface area (Å²) in [5, 5.41) is 12.3. The summed E-state index contributed by atoms with van der Waals surface area (Å²) in [6, 6.07) is 0.0150. The molecule has 178 valence electrons. The molecule has 1 fully saturated rings. The van der Waals surface area contributed by atoms with Gasteiger partial charge < -0.3 is 20.9 Å². The van der Waals surface area contributed by atoms with Gasteiger partial charge in [-0.2, -0.15) is 17.6 Å². The van der Waals surface area contributed by atoms with E-state index < -0.39 is 70.5 Å². The van der Waals surface area contributed by atoms with Crippen LogP contribution in [-0.2, 0) is 14.3 Å². The molecule has 2 heterocycles. The molecule has 5 atom stereocenters. The molecule has 1 aromatic rings. The van der Waals surface area contributed by atoms with E-state index in [0.717, 1.165) is 31.3 Å². The van der Waals surface area contributed by atoms with Gasteiger partial charge in [0.05, 0.1) is 5.70 Å². The van der Waals surface area contributed by atoms with Crippen molar-refractivity contribution in [1.29, 1.82) is 0 Å². The molecule has 13 heteroatoms. The number of nitrogens with zero attached hydrogens (tertiary/aromatic N) is 1. The maximum absolute atomic E-state index is 14.0. The third-order valence-electron chi connectivity index (χ3n) is 5.96. The number of nitroso groups, excluding NO2 is 1. The summed E-state index contributed by atoms with van der Waals surface area (Å²) in [5.41, 5.74) is 1.64. The first-order chi connectivity index (χ1) is 15.2. The van der Waals surface area contributed by atoms with Gasteiger partial charge in [0.25, 0.3) is 11.8 Å². The molecule has 2 aliphatic rings. The van der Waals surface area contributed by atoms with Gasteiger partial charge in [0, 0.05) is 39.2 Å². The minimum atomic E-state index is -4.96. The lowest BCUT2D eigenvalue weighted by Gasteiger charge is -2.31. The Morgan fingerprint density at radius 2 is 1.91 bits per heavy atom. The Morgan fingerprint density at radius 3 is 2.48 bits per heavy atom. The van der Waals surface area contributed by atoms with Crippen LogP contribution in [0.4, 0.5) is 22.0 Å². The summed E-state index contributed by atoms with van der Waals surface area (Å²) in [6.07, 6.45) is -3.93. The van der Waals surface area contributed by atoms with E-state index in [9.17, 15) is 41.6 Å². The zero-order chi connectivity index (χ0) is 24.9. The van der Waals surface area contributed by atoms with Gasteiger partial charge in [0.15, 0.2) is 17.2 Å². The number of phenolic OH excluding ortho intramolecular Hbond substituents is 1. The van der Waals surface area contributed by atoms with E-state index in [1.807, 2.05) is 0 Å². The van der Waals surface area contributed by atoms with Crippen LogP contribution in [0.25, 0.3) is 0 Å². The molecule has 8 nitrogen and oxygen atoms in total. The van der Waals surface area contributed by atoms with Crippen molar-refractivity contribution in [2.45, 2.75) is 43.7 Å². The lowest BCUT2D eigenvalue weighted by Crippen LogP contribution is -2.47. The monoisotopic (exact) mass is 476 g/mol. The molecule has 3 rings (SSSR count). The highest BCUT2D eigenvalue weighted by molar-refractivity contribution is 5.86. The van der Waals surface area contributed by atoms with Crippen molar-refractivity contribution >= 4 is 11.8 Å². The van der Waals surface area contributed by atoms with E-state index in [2.05, 4.69) is 5.32 Å². The van der Waals surface area contributed by atoms with Crippen molar-refractivity contribution in [3.63, 3.8) is 0 Å². The van der Waals surface area contributed by atoms with Crippen LogP contribution < -0.4 is 11.1 Å². The fourth-order valence-electron chi connectivity index (χ4n) is 3.90. The quantitative estimate of drug-likeness (QED) is 0.455. The molecule has 0 saturated carbocycles. The molecule has 33 heavy (non-hydrogen) atoms. The number of primary amides is 1. The highest BCUT2D eigenvalue weighted by atomic mass is 19.4. The Bertz CT molecular complexity index is 1090. The van der Waals surface area contributed by atoms with E-state index >= 15 is 0 Å². The second-order valence-corrected chi connectivity index (χ2v) is 7.89. The molecule has 1 unspecified atom stereocenters. The number of allylic oxidation sites excluding steroid dienone is 1. The lowest BCUT2D eigenvalue weighted by atomic mass is 9.77. The Labute approximate surface area is 183 Å². The summed E-state index contributed by atoms with van der Waals surface area (Å²) in [5.74, 6) is -9.59. The second kappa shape index (κ2) is 8.21. The number of amides is 2. The van der Waals surface area contributed by atoms with Crippen LogP contribution in [-0.4, -0.2) is 45.6 Å². The number of aromatic hydroxyl groups is 1. The number of carbonyl (C=O) groups excluding carboxylic acids is 2. The third-order valence-corrected chi connectivity index (χ3v) is 5.96. The predicted octanol–water partition coefficient (Wildman–Crippen LogP) is 2.27. The second-order valence-electron chi connectivity index (χ2n) is 7.89. The van der Waals surface area contributed by atoms with Crippen LogP contribution in [0.15, 0.2) is 36.2 Å².